The molecule has 0 saturated carbocycles. The minimum absolute atomic E-state index is 0.117. The van der Waals surface area contributed by atoms with Crippen LogP contribution in [0.4, 0.5) is 10.1 Å². The lowest BCUT2D eigenvalue weighted by Gasteiger charge is -2.32. The average molecular weight is 268 g/mol. The second-order valence-electron chi connectivity index (χ2n) is 4.39. The number of halogens is 1. The Morgan fingerprint density at radius 2 is 2.39 bits per heavy atom. The van der Waals surface area contributed by atoms with Crippen molar-refractivity contribution in [1.82, 2.24) is 4.90 Å². The van der Waals surface area contributed by atoms with Crippen LogP contribution in [0.3, 0.4) is 0 Å². The van der Waals surface area contributed by atoms with Gasteiger partial charge in [-0.15, -0.1) is 0 Å². The molecular weight excluding hydrogens is 251 g/mol. The summed E-state index contributed by atoms with van der Waals surface area (Å²) in [6.07, 6.45) is 1.03. The topological polar surface area (TPSA) is 46.3 Å². The molecule has 1 aromatic carbocycles. The highest BCUT2D eigenvalue weighted by molar-refractivity contribution is 8.00. The molecule has 1 atom stereocenters. The van der Waals surface area contributed by atoms with Gasteiger partial charge in [-0.3, -0.25) is 4.79 Å². The fourth-order valence-electron chi connectivity index (χ4n) is 2.03. The molecule has 5 heteroatoms. The summed E-state index contributed by atoms with van der Waals surface area (Å²) in [5.41, 5.74) is 5.94. The van der Waals surface area contributed by atoms with Gasteiger partial charge >= 0.3 is 0 Å². The van der Waals surface area contributed by atoms with Gasteiger partial charge in [0.05, 0.1) is 5.56 Å². The normalized spacial score (nSPS) is 19.9. The van der Waals surface area contributed by atoms with Crippen molar-refractivity contribution in [3.63, 3.8) is 0 Å². The number of thioether (sulfide) groups is 1. The molecule has 98 valence electrons. The van der Waals surface area contributed by atoms with E-state index in [0.29, 0.717) is 24.0 Å². The fraction of sp³-hybridized carbons (Fsp3) is 0.462. The lowest BCUT2D eigenvalue weighted by atomic mass is 10.1. The Morgan fingerprint density at radius 1 is 1.61 bits per heavy atom. The van der Waals surface area contributed by atoms with E-state index in [-0.39, 0.29) is 11.5 Å². The van der Waals surface area contributed by atoms with Crippen molar-refractivity contribution < 1.29 is 9.18 Å². The molecule has 0 bridgehead atoms. The van der Waals surface area contributed by atoms with Crippen LogP contribution < -0.4 is 5.73 Å². The number of anilines is 1. The summed E-state index contributed by atoms with van der Waals surface area (Å²) in [7, 11) is 0. The summed E-state index contributed by atoms with van der Waals surface area (Å²) < 4.78 is 13.7. The van der Waals surface area contributed by atoms with Crippen LogP contribution in [0.2, 0.25) is 0 Å². The zero-order chi connectivity index (χ0) is 13.1. The molecular formula is C13H17FN2OS. The predicted octanol–water partition coefficient (Wildman–Crippen LogP) is 2.38. The monoisotopic (exact) mass is 268 g/mol. The third-order valence-corrected chi connectivity index (χ3v) is 4.48. The van der Waals surface area contributed by atoms with Crippen molar-refractivity contribution in [1.29, 1.82) is 0 Å². The molecule has 1 aliphatic rings. The average Bonchev–Trinajstić information content (AvgIpc) is 2.38. The molecule has 1 aliphatic heterocycles. The summed E-state index contributed by atoms with van der Waals surface area (Å²) in [6, 6.07) is 4.23. The molecule has 18 heavy (non-hydrogen) atoms. The molecule has 2 N–H and O–H groups in total. The summed E-state index contributed by atoms with van der Waals surface area (Å²) >= 11 is 1.88. The quantitative estimate of drug-likeness (QED) is 0.838. The Bertz CT molecular complexity index is 453. The molecule has 1 fully saturated rings. The first-order valence-corrected chi connectivity index (χ1v) is 7.12. The van der Waals surface area contributed by atoms with Gasteiger partial charge in [0, 0.05) is 29.8 Å². The van der Waals surface area contributed by atoms with E-state index in [0.717, 1.165) is 12.2 Å². The van der Waals surface area contributed by atoms with Crippen molar-refractivity contribution in [2.75, 3.05) is 24.6 Å². The number of rotatable bonds is 2. The number of amides is 1. The van der Waals surface area contributed by atoms with Crippen LogP contribution in [-0.2, 0) is 0 Å². The standard InChI is InChI=1S/C13H17FN2OS/c1-2-10-8-16(5-6-18-10)13(17)11-4-3-9(15)7-12(11)14/h3-4,7,10H,2,5-6,8,15H2,1H3. The molecule has 1 unspecified atom stereocenters. The number of hydrogen-bond acceptors (Lipinski definition) is 3. The van der Waals surface area contributed by atoms with Crippen molar-refractivity contribution in [2.45, 2.75) is 18.6 Å². The summed E-state index contributed by atoms with van der Waals surface area (Å²) in [6.45, 7) is 3.49. The molecule has 1 amide bonds. The van der Waals surface area contributed by atoms with Gasteiger partial charge in [-0.25, -0.2) is 4.39 Å². The maximum atomic E-state index is 13.7. The van der Waals surface area contributed by atoms with Crippen LogP contribution >= 0.6 is 11.8 Å². The molecule has 0 aliphatic carbocycles. The second kappa shape index (κ2) is 5.61. The minimum Gasteiger partial charge on any atom is -0.399 e. The summed E-state index contributed by atoms with van der Waals surface area (Å²) in [5.74, 6) is 0.151. The third-order valence-electron chi connectivity index (χ3n) is 3.10. The molecule has 1 aromatic rings. The highest BCUT2D eigenvalue weighted by atomic mass is 32.2. The lowest BCUT2D eigenvalue weighted by molar-refractivity contribution is 0.0756. The van der Waals surface area contributed by atoms with Crippen LogP contribution in [0.15, 0.2) is 18.2 Å². The van der Waals surface area contributed by atoms with Crippen LogP contribution in [0, 0.1) is 5.82 Å². The van der Waals surface area contributed by atoms with Crippen molar-refractivity contribution in [2.24, 2.45) is 0 Å². The van der Waals surface area contributed by atoms with E-state index >= 15 is 0 Å². The molecule has 0 aromatic heterocycles. The first-order valence-electron chi connectivity index (χ1n) is 6.07. The highest BCUT2D eigenvalue weighted by Gasteiger charge is 2.25. The van der Waals surface area contributed by atoms with Gasteiger partial charge in [0.2, 0.25) is 0 Å². The zero-order valence-electron chi connectivity index (χ0n) is 10.4. The van der Waals surface area contributed by atoms with Gasteiger partial charge < -0.3 is 10.6 Å². The Morgan fingerprint density at radius 3 is 3.06 bits per heavy atom. The minimum atomic E-state index is -0.536. The second-order valence-corrected chi connectivity index (χ2v) is 5.80. The number of nitrogens with zero attached hydrogens (tertiary/aromatic N) is 1. The first kappa shape index (κ1) is 13.2. The van der Waals surface area contributed by atoms with E-state index in [2.05, 4.69) is 6.92 Å². The van der Waals surface area contributed by atoms with Gasteiger partial charge in [0.25, 0.3) is 5.91 Å². The number of nitrogens with two attached hydrogens (primary N) is 1. The maximum Gasteiger partial charge on any atom is 0.256 e. The highest BCUT2D eigenvalue weighted by Crippen LogP contribution is 2.23. The predicted molar refractivity (Wildman–Crippen MR) is 73.3 cm³/mol. The van der Waals surface area contributed by atoms with E-state index in [4.69, 9.17) is 5.73 Å². The van der Waals surface area contributed by atoms with E-state index in [1.807, 2.05) is 11.8 Å². The van der Waals surface area contributed by atoms with Gasteiger partial charge in [-0.2, -0.15) is 11.8 Å². The van der Waals surface area contributed by atoms with Crippen molar-refractivity contribution in [3.05, 3.63) is 29.6 Å². The van der Waals surface area contributed by atoms with Crippen molar-refractivity contribution >= 4 is 23.4 Å². The molecule has 1 heterocycles. The fourth-order valence-corrected chi connectivity index (χ4v) is 3.21. The number of nitrogen functional groups attached to an aromatic ring is 1. The SMILES string of the molecule is CCC1CN(C(=O)c2ccc(N)cc2F)CCS1. The zero-order valence-corrected chi connectivity index (χ0v) is 11.2. The lowest BCUT2D eigenvalue weighted by Crippen LogP contribution is -2.42. The van der Waals surface area contributed by atoms with Crippen LogP contribution in [-0.4, -0.2) is 34.9 Å². The molecule has 1 saturated heterocycles. The Labute approximate surface area is 111 Å². The van der Waals surface area contributed by atoms with E-state index in [1.165, 1.54) is 12.1 Å². The number of benzene rings is 1. The van der Waals surface area contributed by atoms with Gasteiger partial charge in [0.1, 0.15) is 5.82 Å². The van der Waals surface area contributed by atoms with Crippen molar-refractivity contribution in [3.8, 4) is 0 Å². The molecule has 0 spiro atoms. The van der Waals surface area contributed by atoms with E-state index < -0.39 is 5.82 Å². The summed E-state index contributed by atoms with van der Waals surface area (Å²) in [4.78, 5) is 14.0. The van der Waals surface area contributed by atoms with Crippen LogP contribution in [0.1, 0.15) is 23.7 Å². The van der Waals surface area contributed by atoms with Gasteiger partial charge in [-0.05, 0) is 24.6 Å². The smallest absolute Gasteiger partial charge is 0.256 e. The third kappa shape index (κ3) is 2.77. The van der Waals surface area contributed by atoms with Gasteiger partial charge in [-0.1, -0.05) is 6.92 Å². The Balaban J connectivity index is 2.15. The Kier molecular flexibility index (Phi) is 4.11. The molecule has 3 nitrogen and oxygen atoms in total. The molecule has 0 radical (unpaired) electrons. The van der Waals surface area contributed by atoms with E-state index in [1.54, 1.807) is 11.0 Å². The largest absolute Gasteiger partial charge is 0.399 e. The molecule has 2 rings (SSSR count). The van der Waals surface area contributed by atoms with E-state index in [9.17, 15) is 9.18 Å². The maximum absolute atomic E-state index is 13.7. The number of hydrogen-bond donors (Lipinski definition) is 1. The summed E-state index contributed by atoms with van der Waals surface area (Å²) in [5, 5.41) is 0.458. The van der Waals surface area contributed by atoms with Gasteiger partial charge in [0.15, 0.2) is 0 Å². The van der Waals surface area contributed by atoms with Crippen LogP contribution in [0.25, 0.3) is 0 Å². The number of carbonyl (C=O) groups is 1. The Hall–Kier alpha value is -1.23. The first-order chi connectivity index (χ1) is 8.61. The number of carbonyl (C=O) groups excluding carboxylic acids is 1. The van der Waals surface area contributed by atoms with Crippen LogP contribution in [0.5, 0.6) is 0 Å².